The number of Topliss-reactive ketones (excluding diaryl/α,β-unsaturated/α-hetero) is 1. The molecule has 4 rings (SSSR count). The van der Waals surface area contributed by atoms with Crippen LogP contribution in [0, 0.1) is 52.3 Å². The van der Waals surface area contributed by atoms with Gasteiger partial charge in [-0.05, 0) is 84.4 Å². The van der Waals surface area contributed by atoms with Crippen molar-refractivity contribution in [2.75, 3.05) is 0 Å². The Hall–Kier alpha value is -0.850. The molecule has 0 aliphatic heterocycles. The summed E-state index contributed by atoms with van der Waals surface area (Å²) in [5.74, 6) is 6.11. The minimum absolute atomic E-state index is 0.240. The molecule has 0 unspecified atom stereocenters. The van der Waals surface area contributed by atoms with Gasteiger partial charge >= 0.3 is 0 Å². The average Bonchev–Trinajstić information content (AvgIpc) is 3.06. The second-order valence-corrected chi connectivity index (χ2v) is 12.3. The maximum atomic E-state index is 12.1. The van der Waals surface area contributed by atoms with Crippen LogP contribution in [-0.4, -0.2) is 5.78 Å². The molecule has 2 saturated carbocycles. The zero-order chi connectivity index (χ0) is 21.7. The molecule has 2 fully saturated rings. The predicted octanol–water partition coefficient (Wildman–Crippen LogP) is 8.01. The SMILES string of the molecule is CC[C@H](CC[C@@H](C)[C@H]1CC[C@H]2[C@@H]3CC=C4CC(=O)CC[C@]4(C)[C@H]3C=C[C@]12C)C(C)C. The Bertz CT molecular complexity index is 714. The van der Waals surface area contributed by atoms with E-state index in [1.165, 1.54) is 44.1 Å². The van der Waals surface area contributed by atoms with Crippen LogP contribution in [0.1, 0.15) is 99.3 Å². The first kappa shape index (κ1) is 22.3. The lowest BCUT2D eigenvalue weighted by Gasteiger charge is -2.55. The van der Waals surface area contributed by atoms with Crippen LogP contribution in [0.5, 0.6) is 0 Å². The molecule has 0 saturated heterocycles. The third-order valence-corrected chi connectivity index (χ3v) is 10.6. The standard InChI is InChI=1S/C29H46O/c1-7-21(19(2)3)9-8-20(4)25-12-13-26-24-11-10-22-18-23(30)14-16-28(22,5)27(24)15-17-29(25,26)6/h10,15,17,19-21,24-27H,7-9,11-14,16,18H2,1-6H3/t20-,21-,24+,25-,26+,27+,28+,29-/m1/s1. The Kier molecular flexibility index (Phi) is 6.15. The number of carbonyl (C=O) groups excluding carboxylic acids is 1. The predicted molar refractivity (Wildman–Crippen MR) is 127 cm³/mol. The molecule has 0 aromatic carbocycles. The Labute approximate surface area is 186 Å². The monoisotopic (exact) mass is 410 g/mol. The van der Waals surface area contributed by atoms with E-state index >= 15 is 0 Å². The lowest BCUT2D eigenvalue weighted by Crippen LogP contribution is -2.48. The summed E-state index contributed by atoms with van der Waals surface area (Å²) in [5, 5.41) is 0. The summed E-state index contributed by atoms with van der Waals surface area (Å²) in [5.41, 5.74) is 2.09. The second-order valence-electron chi connectivity index (χ2n) is 12.3. The van der Waals surface area contributed by atoms with Gasteiger partial charge in [0.25, 0.3) is 0 Å². The van der Waals surface area contributed by atoms with Crippen LogP contribution in [0.25, 0.3) is 0 Å². The molecule has 1 heteroatoms. The van der Waals surface area contributed by atoms with Crippen LogP contribution in [0.15, 0.2) is 23.8 Å². The Morgan fingerprint density at radius 2 is 1.90 bits per heavy atom. The van der Waals surface area contributed by atoms with E-state index in [9.17, 15) is 4.79 Å². The summed E-state index contributed by atoms with van der Waals surface area (Å²) in [7, 11) is 0. The maximum Gasteiger partial charge on any atom is 0.136 e. The Morgan fingerprint density at radius 3 is 2.60 bits per heavy atom. The van der Waals surface area contributed by atoms with Gasteiger partial charge in [-0.25, -0.2) is 0 Å². The third-order valence-electron chi connectivity index (χ3n) is 10.6. The van der Waals surface area contributed by atoms with Crippen LogP contribution in [-0.2, 0) is 4.79 Å². The van der Waals surface area contributed by atoms with Gasteiger partial charge in [-0.15, -0.1) is 0 Å². The smallest absolute Gasteiger partial charge is 0.136 e. The molecule has 1 nitrogen and oxygen atoms in total. The molecule has 4 aliphatic rings. The minimum atomic E-state index is 0.240. The fraction of sp³-hybridized carbons (Fsp3) is 0.828. The van der Waals surface area contributed by atoms with E-state index in [-0.39, 0.29) is 5.41 Å². The average molecular weight is 411 g/mol. The van der Waals surface area contributed by atoms with E-state index in [0.29, 0.717) is 17.1 Å². The molecule has 0 aromatic rings. The lowest BCUT2D eigenvalue weighted by molar-refractivity contribution is -0.121. The molecule has 168 valence electrons. The van der Waals surface area contributed by atoms with Crippen LogP contribution in [0.3, 0.4) is 0 Å². The molecular formula is C29H46O. The second kappa shape index (κ2) is 8.25. The number of ketones is 1. The minimum Gasteiger partial charge on any atom is -0.299 e. The van der Waals surface area contributed by atoms with E-state index in [0.717, 1.165) is 54.8 Å². The van der Waals surface area contributed by atoms with Crippen LogP contribution in [0.4, 0.5) is 0 Å². The fourth-order valence-electron chi connectivity index (χ4n) is 8.49. The topological polar surface area (TPSA) is 17.1 Å². The van der Waals surface area contributed by atoms with E-state index in [1.807, 2.05) is 0 Å². The number of carbonyl (C=O) groups is 1. The van der Waals surface area contributed by atoms with Crippen molar-refractivity contribution in [2.45, 2.75) is 99.3 Å². The van der Waals surface area contributed by atoms with Crippen molar-refractivity contribution < 1.29 is 4.79 Å². The summed E-state index contributed by atoms with van der Waals surface area (Å²) in [6, 6.07) is 0. The van der Waals surface area contributed by atoms with Crippen LogP contribution >= 0.6 is 0 Å². The van der Waals surface area contributed by atoms with Crippen molar-refractivity contribution in [1.29, 1.82) is 0 Å². The van der Waals surface area contributed by atoms with Gasteiger partial charge in [-0.2, -0.15) is 0 Å². The molecular weight excluding hydrogens is 364 g/mol. The normalized spacial score (nSPS) is 42.4. The zero-order valence-electron chi connectivity index (χ0n) is 20.5. The van der Waals surface area contributed by atoms with Crippen molar-refractivity contribution in [1.82, 2.24) is 0 Å². The Morgan fingerprint density at radius 1 is 1.13 bits per heavy atom. The van der Waals surface area contributed by atoms with E-state index < -0.39 is 0 Å². The highest BCUT2D eigenvalue weighted by atomic mass is 16.1. The highest BCUT2D eigenvalue weighted by molar-refractivity contribution is 5.82. The highest BCUT2D eigenvalue weighted by Crippen LogP contribution is 2.64. The maximum absolute atomic E-state index is 12.1. The Balaban J connectivity index is 1.51. The molecule has 0 radical (unpaired) electrons. The summed E-state index contributed by atoms with van der Waals surface area (Å²) in [6.07, 6.45) is 18.6. The van der Waals surface area contributed by atoms with Gasteiger partial charge in [0, 0.05) is 12.8 Å². The number of allylic oxidation sites excluding steroid dienone is 4. The van der Waals surface area contributed by atoms with Crippen molar-refractivity contribution in [2.24, 2.45) is 52.3 Å². The highest BCUT2D eigenvalue weighted by Gasteiger charge is 2.57. The van der Waals surface area contributed by atoms with Gasteiger partial charge in [0.15, 0.2) is 0 Å². The largest absolute Gasteiger partial charge is 0.299 e. The van der Waals surface area contributed by atoms with Gasteiger partial charge < -0.3 is 0 Å². The number of hydrogen-bond acceptors (Lipinski definition) is 1. The van der Waals surface area contributed by atoms with Crippen molar-refractivity contribution in [3.8, 4) is 0 Å². The quantitative estimate of drug-likeness (QED) is 0.405. The molecule has 30 heavy (non-hydrogen) atoms. The van der Waals surface area contributed by atoms with Crippen molar-refractivity contribution in [3.05, 3.63) is 23.8 Å². The third kappa shape index (κ3) is 3.57. The summed E-state index contributed by atoms with van der Waals surface area (Å²) >= 11 is 0. The molecule has 0 bridgehead atoms. The van der Waals surface area contributed by atoms with E-state index in [4.69, 9.17) is 0 Å². The molecule has 8 atom stereocenters. The first-order valence-electron chi connectivity index (χ1n) is 13.1. The molecule has 0 heterocycles. The van der Waals surface area contributed by atoms with Gasteiger partial charge in [0.05, 0.1) is 0 Å². The first-order chi connectivity index (χ1) is 14.2. The molecule has 4 aliphatic carbocycles. The van der Waals surface area contributed by atoms with Crippen LogP contribution in [0.2, 0.25) is 0 Å². The van der Waals surface area contributed by atoms with Crippen LogP contribution < -0.4 is 0 Å². The zero-order valence-corrected chi connectivity index (χ0v) is 20.5. The number of rotatable bonds is 6. The number of hydrogen-bond donors (Lipinski definition) is 0. The molecule has 0 spiro atoms. The molecule has 0 aromatic heterocycles. The fourth-order valence-corrected chi connectivity index (χ4v) is 8.49. The van der Waals surface area contributed by atoms with Gasteiger partial charge in [-0.3, -0.25) is 4.79 Å². The number of fused-ring (bicyclic) bond motifs is 5. The molecule has 0 N–H and O–H groups in total. The van der Waals surface area contributed by atoms with Gasteiger partial charge in [0.1, 0.15) is 5.78 Å². The summed E-state index contributed by atoms with van der Waals surface area (Å²) in [6.45, 7) is 14.8. The van der Waals surface area contributed by atoms with Gasteiger partial charge in [0.2, 0.25) is 0 Å². The summed E-state index contributed by atoms with van der Waals surface area (Å²) < 4.78 is 0. The molecule has 0 amide bonds. The first-order valence-corrected chi connectivity index (χ1v) is 13.1. The lowest BCUT2D eigenvalue weighted by atomic mass is 9.49. The summed E-state index contributed by atoms with van der Waals surface area (Å²) in [4.78, 5) is 12.1. The van der Waals surface area contributed by atoms with E-state index in [2.05, 4.69) is 59.8 Å². The van der Waals surface area contributed by atoms with Gasteiger partial charge in [-0.1, -0.05) is 78.2 Å². The van der Waals surface area contributed by atoms with Crippen molar-refractivity contribution >= 4 is 5.78 Å². The van der Waals surface area contributed by atoms with Crippen molar-refractivity contribution in [3.63, 3.8) is 0 Å². The van der Waals surface area contributed by atoms with E-state index in [1.54, 1.807) is 0 Å².